The summed E-state index contributed by atoms with van der Waals surface area (Å²) in [4.78, 5) is 2.30. The van der Waals surface area contributed by atoms with Crippen molar-refractivity contribution in [2.24, 2.45) is 0 Å². The van der Waals surface area contributed by atoms with Gasteiger partial charge in [0.05, 0.1) is 16.1 Å². The summed E-state index contributed by atoms with van der Waals surface area (Å²) in [6.45, 7) is 5.90. The van der Waals surface area contributed by atoms with E-state index >= 15 is 0 Å². The van der Waals surface area contributed by atoms with Crippen molar-refractivity contribution in [2.75, 3.05) is 26.2 Å². The lowest BCUT2D eigenvalue weighted by Crippen LogP contribution is -2.44. The summed E-state index contributed by atoms with van der Waals surface area (Å²) in [5.74, 6) is 0.236. The molecule has 1 aliphatic rings. The van der Waals surface area contributed by atoms with E-state index in [9.17, 15) is 5.11 Å². The number of hydrogen-bond acceptors (Lipinski definition) is 4. The summed E-state index contributed by atoms with van der Waals surface area (Å²) >= 11 is 3.30. The number of nitriles is 1. The van der Waals surface area contributed by atoms with E-state index in [-0.39, 0.29) is 11.8 Å². The number of phenolic OH excluding ortho intramolecular Hbond substituents is 1. The van der Waals surface area contributed by atoms with E-state index in [2.05, 4.69) is 39.1 Å². The highest BCUT2D eigenvalue weighted by Crippen LogP contribution is 2.35. The average molecular weight is 310 g/mol. The zero-order chi connectivity index (χ0) is 13.1. The van der Waals surface area contributed by atoms with Gasteiger partial charge in [0.25, 0.3) is 0 Å². The molecule has 18 heavy (non-hydrogen) atoms. The highest BCUT2D eigenvalue weighted by atomic mass is 79.9. The number of piperazine rings is 1. The molecule has 0 bridgehead atoms. The van der Waals surface area contributed by atoms with Gasteiger partial charge in [-0.15, -0.1) is 0 Å². The zero-order valence-electron chi connectivity index (χ0n) is 10.3. The number of rotatable bonds is 2. The predicted octanol–water partition coefficient (Wildman–Crippen LogP) is 1.99. The van der Waals surface area contributed by atoms with Crippen LogP contribution in [0.25, 0.3) is 0 Å². The maximum atomic E-state index is 10.1. The van der Waals surface area contributed by atoms with Gasteiger partial charge in [0, 0.05) is 37.8 Å². The highest BCUT2D eigenvalue weighted by Gasteiger charge is 2.22. The normalized spacial score (nSPS) is 18.3. The fourth-order valence-corrected chi connectivity index (χ4v) is 2.75. The first-order valence-corrected chi connectivity index (χ1v) is 6.80. The molecule has 4 nitrogen and oxygen atoms in total. The van der Waals surface area contributed by atoms with Crippen LogP contribution in [0.15, 0.2) is 16.6 Å². The molecular weight excluding hydrogens is 294 g/mol. The summed E-state index contributed by atoms with van der Waals surface area (Å²) in [7, 11) is 0. The first-order valence-electron chi connectivity index (χ1n) is 6.00. The van der Waals surface area contributed by atoms with Crippen molar-refractivity contribution < 1.29 is 5.11 Å². The van der Waals surface area contributed by atoms with Crippen LogP contribution in [0.2, 0.25) is 0 Å². The molecule has 1 saturated heterocycles. The lowest BCUT2D eigenvalue weighted by Gasteiger charge is -2.33. The Kier molecular flexibility index (Phi) is 4.23. The molecule has 0 saturated carbocycles. The Morgan fingerprint density at radius 1 is 1.44 bits per heavy atom. The van der Waals surface area contributed by atoms with Crippen molar-refractivity contribution in [3.8, 4) is 11.8 Å². The lowest BCUT2D eigenvalue weighted by atomic mass is 10.0. The smallest absolute Gasteiger partial charge is 0.134 e. The van der Waals surface area contributed by atoms with Crippen LogP contribution in [0, 0.1) is 11.3 Å². The first-order chi connectivity index (χ1) is 8.63. The zero-order valence-corrected chi connectivity index (χ0v) is 11.9. The molecule has 1 aromatic rings. The third kappa shape index (κ3) is 2.66. The van der Waals surface area contributed by atoms with Crippen molar-refractivity contribution in [3.05, 3.63) is 27.7 Å². The molecule has 2 rings (SSSR count). The van der Waals surface area contributed by atoms with Crippen LogP contribution in [-0.4, -0.2) is 36.2 Å². The molecule has 1 fully saturated rings. The molecule has 0 amide bonds. The summed E-state index contributed by atoms with van der Waals surface area (Å²) in [6, 6.07) is 5.64. The minimum Gasteiger partial charge on any atom is -0.506 e. The van der Waals surface area contributed by atoms with Crippen LogP contribution in [0.1, 0.15) is 24.1 Å². The number of halogens is 1. The van der Waals surface area contributed by atoms with Gasteiger partial charge in [-0.3, -0.25) is 4.90 Å². The van der Waals surface area contributed by atoms with Gasteiger partial charge >= 0.3 is 0 Å². The summed E-state index contributed by atoms with van der Waals surface area (Å²) in [5, 5.41) is 22.4. The maximum absolute atomic E-state index is 10.1. The van der Waals surface area contributed by atoms with Gasteiger partial charge in [-0.1, -0.05) is 0 Å². The minimum absolute atomic E-state index is 0.108. The van der Waals surface area contributed by atoms with Crippen molar-refractivity contribution in [1.29, 1.82) is 5.26 Å². The fourth-order valence-electron chi connectivity index (χ4n) is 2.27. The lowest BCUT2D eigenvalue weighted by molar-refractivity contribution is 0.183. The number of nitrogens with zero attached hydrogens (tertiary/aromatic N) is 2. The van der Waals surface area contributed by atoms with Gasteiger partial charge in [0.15, 0.2) is 0 Å². The van der Waals surface area contributed by atoms with E-state index in [1.54, 1.807) is 12.1 Å². The Balaban J connectivity index is 2.31. The van der Waals surface area contributed by atoms with Gasteiger partial charge in [-0.05, 0) is 35.0 Å². The van der Waals surface area contributed by atoms with Crippen LogP contribution < -0.4 is 5.32 Å². The fraction of sp³-hybridized carbons (Fsp3) is 0.462. The molecule has 96 valence electrons. The van der Waals surface area contributed by atoms with E-state index in [1.165, 1.54) is 0 Å². The molecule has 1 atom stereocenters. The third-order valence-corrected chi connectivity index (χ3v) is 3.98. The van der Waals surface area contributed by atoms with Crippen LogP contribution in [0.3, 0.4) is 0 Å². The highest BCUT2D eigenvalue weighted by molar-refractivity contribution is 9.10. The van der Waals surface area contributed by atoms with E-state index in [4.69, 9.17) is 5.26 Å². The average Bonchev–Trinajstić information content (AvgIpc) is 2.42. The van der Waals surface area contributed by atoms with Crippen molar-refractivity contribution in [2.45, 2.75) is 13.0 Å². The third-order valence-electron chi connectivity index (χ3n) is 3.37. The topological polar surface area (TPSA) is 59.3 Å². The maximum Gasteiger partial charge on any atom is 0.134 e. The summed E-state index contributed by atoms with van der Waals surface area (Å²) < 4.78 is 0.582. The monoisotopic (exact) mass is 309 g/mol. The van der Waals surface area contributed by atoms with Gasteiger partial charge < -0.3 is 10.4 Å². The summed E-state index contributed by atoms with van der Waals surface area (Å²) in [5.41, 5.74) is 1.37. The van der Waals surface area contributed by atoms with Crippen LogP contribution in [0.4, 0.5) is 0 Å². The Hall–Kier alpha value is -1.09. The molecule has 1 aliphatic heterocycles. The van der Waals surface area contributed by atoms with Crippen LogP contribution in [0.5, 0.6) is 5.75 Å². The quantitative estimate of drug-likeness (QED) is 0.877. The molecule has 1 aromatic carbocycles. The Labute approximate surface area is 115 Å². The molecular formula is C13H16BrN3O. The Morgan fingerprint density at radius 3 is 2.72 bits per heavy atom. The second kappa shape index (κ2) is 5.70. The minimum atomic E-state index is 0.108. The molecule has 0 spiro atoms. The Bertz CT molecular complexity index is 478. The van der Waals surface area contributed by atoms with E-state index < -0.39 is 0 Å². The van der Waals surface area contributed by atoms with E-state index in [1.807, 2.05) is 0 Å². The van der Waals surface area contributed by atoms with Gasteiger partial charge in [-0.2, -0.15) is 5.26 Å². The molecule has 0 aromatic heterocycles. The molecule has 0 radical (unpaired) electrons. The number of benzene rings is 1. The van der Waals surface area contributed by atoms with Crippen molar-refractivity contribution in [3.63, 3.8) is 0 Å². The van der Waals surface area contributed by atoms with Gasteiger partial charge in [-0.25, -0.2) is 0 Å². The van der Waals surface area contributed by atoms with Gasteiger partial charge in [0.1, 0.15) is 5.75 Å². The molecule has 5 heteroatoms. The predicted molar refractivity (Wildman–Crippen MR) is 73.4 cm³/mol. The second-order valence-electron chi connectivity index (χ2n) is 4.47. The van der Waals surface area contributed by atoms with E-state index in [0.29, 0.717) is 10.0 Å². The molecule has 0 unspecified atom stereocenters. The van der Waals surface area contributed by atoms with Crippen LogP contribution in [-0.2, 0) is 0 Å². The molecule has 1 heterocycles. The van der Waals surface area contributed by atoms with Gasteiger partial charge in [0.2, 0.25) is 0 Å². The number of hydrogen-bond donors (Lipinski definition) is 2. The second-order valence-corrected chi connectivity index (χ2v) is 5.32. The number of aromatic hydroxyl groups is 1. The standard InChI is InChI=1S/C13H16BrN3O/c1-9(17-4-2-16-3-5-17)11-6-10(8-15)7-12(14)13(11)18/h6-7,9,16,18H,2-5H2,1H3/t9-/m0/s1. The first kappa shape index (κ1) is 13.3. The molecule has 0 aliphatic carbocycles. The SMILES string of the molecule is C[C@@H](c1cc(C#N)cc(Br)c1O)N1CCNCC1. The van der Waals surface area contributed by atoms with Crippen LogP contribution >= 0.6 is 15.9 Å². The largest absolute Gasteiger partial charge is 0.506 e. The Morgan fingerprint density at radius 2 is 2.11 bits per heavy atom. The number of phenols is 1. The van der Waals surface area contributed by atoms with E-state index in [0.717, 1.165) is 31.7 Å². The molecule has 2 N–H and O–H groups in total. The number of nitrogens with one attached hydrogen (secondary N) is 1. The van der Waals surface area contributed by atoms with Crippen molar-refractivity contribution in [1.82, 2.24) is 10.2 Å². The van der Waals surface area contributed by atoms with Crippen molar-refractivity contribution >= 4 is 15.9 Å². The summed E-state index contributed by atoms with van der Waals surface area (Å²) in [6.07, 6.45) is 0.